The van der Waals surface area contributed by atoms with E-state index in [1.807, 2.05) is 31.2 Å². The average Bonchev–Trinajstić information content (AvgIpc) is 2.56. The van der Waals surface area contributed by atoms with Crippen LogP contribution in [0.2, 0.25) is 0 Å². The molecule has 1 amide bonds. The summed E-state index contributed by atoms with van der Waals surface area (Å²) in [5, 5.41) is 2.89. The Hall–Kier alpha value is -2.47. The van der Waals surface area contributed by atoms with Gasteiger partial charge in [0.25, 0.3) is 5.91 Å². The molecule has 1 N–H and O–H groups in total. The van der Waals surface area contributed by atoms with E-state index in [0.717, 1.165) is 11.3 Å². The maximum atomic E-state index is 12.2. The zero-order chi connectivity index (χ0) is 15.8. The van der Waals surface area contributed by atoms with Crippen LogP contribution in [0, 0.1) is 0 Å². The number of hydrogen-bond donors (Lipinski definition) is 1. The van der Waals surface area contributed by atoms with E-state index in [4.69, 9.17) is 9.47 Å². The largest absolute Gasteiger partial charge is 0.494 e. The van der Waals surface area contributed by atoms with Crippen LogP contribution in [0.25, 0.3) is 0 Å². The summed E-state index contributed by atoms with van der Waals surface area (Å²) in [7, 11) is 1.59. The Kier molecular flexibility index (Phi) is 5.85. The lowest BCUT2D eigenvalue weighted by Crippen LogP contribution is -2.31. The highest BCUT2D eigenvalue weighted by Crippen LogP contribution is 2.18. The normalized spacial score (nSPS) is 11.7. The molecule has 116 valence electrons. The summed E-state index contributed by atoms with van der Waals surface area (Å²) in [6.45, 7) is 2.91. The lowest BCUT2D eigenvalue weighted by atomic mass is 10.1. The van der Waals surface area contributed by atoms with Crippen LogP contribution in [-0.2, 0) is 4.74 Å². The highest BCUT2D eigenvalue weighted by atomic mass is 16.5. The maximum Gasteiger partial charge on any atom is 0.272 e. The van der Waals surface area contributed by atoms with Crippen LogP contribution in [0.15, 0.2) is 42.9 Å². The standard InChI is InChI=1S/C16H19N3O3/c1-3-22-13-6-4-12(5-7-13)15(11-21-2)19-16(20)14-10-17-8-9-18-14/h4-10,15H,3,11H2,1-2H3,(H,19,20). The van der Waals surface area contributed by atoms with Crippen LogP contribution in [0.1, 0.15) is 29.0 Å². The van der Waals surface area contributed by atoms with Crippen LogP contribution in [-0.4, -0.2) is 36.2 Å². The van der Waals surface area contributed by atoms with E-state index in [0.29, 0.717) is 13.2 Å². The minimum atomic E-state index is -0.288. The summed E-state index contributed by atoms with van der Waals surface area (Å²) in [6, 6.07) is 7.29. The van der Waals surface area contributed by atoms with Gasteiger partial charge in [0, 0.05) is 19.5 Å². The van der Waals surface area contributed by atoms with E-state index in [1.54, 1.807) is 7.11 Å². The Balaban J connectivity index is 2.10. The van der Waals surface area contributed by atoms with Gasteiger partial charge in [0.15, 0.2) is 0 Å². The van der Waals surface area contributed by atoms with Gasteiger partial charge in [-0.25, -0.2) is 4.98 Å². The first-order valence-corrected chi connectivity index (χ1v) is 7.03. The third kappa shape index (κ3) is 4.26. The quantitative estimate of drug-likeness (QED) is 0.846. The molecule has 0 saturated heterocycles. The predicted molar refractivity (Wildman–Crippen MR) is 81.7 cm³/mol. The molecule has 0 fully saturated rings. The van der Waals surface area contributed by atoms with E-state index >= 15 is 0 Å². The van der Waals surface area contributed by atoms with Crippen LogP contribution >= 0.6 is 0 Å². The van der Waals surface area contributed by atoms with Gasteiger partial charge in [0.05, 0.1) is 25.5 Å². The number of rotatable bonds is 7. The van der Waals surface area contributed by atoms with Crippen molar-refractivity contribution in [3.63, 3.8) is 0 Å². The van der Waals surface area contributed by atoms with E-state index in [-0.39, 0.29) is 17.6 Å². The molecule has 0 radical (unpaired) electrons. The molecule has 1 atom stereocenters. The van der Waals surface area contributed by atoms with Crippen molar-refractivity contribution in [1.29, 1.82) is 0 Å². The topological polar surface area (TPSA) is 73.3 Å². The van der Waals surface area contributed by atoms with E-state index < -0.39 is 0 Å². The van der Waals surface area contributed by atoms with Gasteiger partial charge in [0.2, 0.25) is 0 Å². The molecule has 1 heterocycles. The zero-order valence-electron chi connectivity index (χ0n) is 12.7. The first-order chi connectivity index (χ1) is 10.7. The zero-order valence-corrected chi connectivity index (χ0v) is 12.7. The first-order valence-electron chi connectivity index (χ1n) is 7.03. The van der Waals surface area contributed by atoms with Crippen molar-refractivity contribution in [2.75, 3.05) is 20.3 Å². The van der Waals surface area contributed by atoms with Crippen LogP contribution in [0.3, 0.4) is 0 Å². The molecule has 6 nitrogen and oxygen atoms in total. The molecule has 0 spiro atoms. The van der Waals surface area contributed by atoms with Crippen molar-refractivity contribution < 1.29 is 14.3 Å². The molecule has 0 aliphatic rings. The van der Waals surface area contributed by atoms with Crippen molar-refractivity contribution in [3.8, 4) is 5.75 Å². The Bertz CT molecular complexity index is 587. The summed E-state index contributed by atoms with van der Waals surface area (Å²) in [6.07, 6.45) is 4.43. The molecule has 6 heteroatoms. The minimum Gasteiger partial charge on any atom is -0.494 e. The molecule has 2 aromatic rings. The van der Waals surface area contributed by atoms with Gasteiger partial charge in [-0.3, -0.25) is 9.78 Å². The molecule has 0 saturated carbocycles. The molecule has 22 heavy (non-hydrogen) atoms. The number of methoxy groups -OCH3 is 1. The highest BCUT2D eigenvalue weighted by Gasteiger charge is 2.16. The SMILES string of the molecule is CCOc1ccc(C(COC)NC(=O)c2cnccn2)cc1. The molecule has 2 rings (SSSR count). The van der Waals surface area contributed by atoms with Crippen LogP contribution in [0.5, 0.6) is 5.75 Å². The van der Waals surface area contributed by atoms with Crippen molar-refractivity contribution in [3.05, 3.63) is 54.1 Å². The summed E-state index contributed by atoms with van der Waals surface area (Å²) < 4.78 is 10.6. The molecular weight excluding hydrogens is 282 g/mol. The van der Waals surface area contributed by atoms with Crippen molar-refractivity contribution in [1.82, 2.24) is 15.3 Å². The third-order valence-corrected chi connectivity index (χ3v) is 3.03. The highest BCUT2D eigenvalue weighted by molar-refractivity contribution is 5.92. The van der Waals surface area contributed by atoms with Crippen molar-refractivity contribution >= 4 is 5.91 Å². The third-order valence-electron chi connectivity index (χ3n) is 3.03. The Morgan fingerprint density at radius 2 is 2.05 bits per heavy atom. The fourth-order valence-corrected chi connectivity index (χ4v) is 2.00. The number of aromatic nitrogens is 2. The molecule has 1 unspecified atom stereocenters. The average molecular weight is 301 g/mol. The lowest BCUT2D eigenvalue weighted by Gasteiger charge is -2.18. The fourth-order valence-electron chi connectivity index (χ4n) is 2.00. The number of ether oxygens (including phenoxy) is 2. The van der Waals surface area contributed by atoms with E-state index in [2.05, 4.69) is 15.3 Å². The number of nitrogens with zero attached hydrogens (tertiary/aromatic N) is 2. The smallest absolute Gasteiger partial charge is 0.272 e. The molecule has 0 aliphatic heterocycles. The fraction of sp³-hybridized carbons (Fsp3) is 0.312. The molecule has 1 aromatic heterocycles. The first kappa shape index (κ1) is 15.9. The van der Waals surface area contributed by atoms with E-state index in [1.165, 1.54) is 18.6 Å². The second kappa shape index (κ2) is 8.09. The molecule has 0 aliphatic carbocycles. The molecular formula is C16H19N3O3. The monoisotopic (exact) mass is 301 g/mol. The predicted octanol–water partition coefficient (Wildman–Crippen LogP) is 1.99. The van der Waals surface area contributed by atoms with Crippen LogP contribution in [0.4, 0.5) is 0 Å². The number of benzene rings is 1. The number of carbonyl (C=O) groups is 1. The Labute approximate surface area is 129 Å². The van der Waals surface area contributed by atoms with Gasteiger partial charge in [-0.1, -0.05) is 12.1 Å². The Morgan fingerprint density at radius 3 is 2.64 bits per heavy atom. The van der Waals surface area contributed by atoms with Gasteiger partial charge >= 0.3 is 0 Å². The van der Waals surface area contributed by atoms with Gasteiger partial charge in [-0.2, -0.15) is 0 Å². The second-order valence-electron chi connectivity index (χ2n) is 4.57. The lowest BCUT2D eigenvalue weighted by molar-refractivity contribution is 0.0891. The number of nitrogens with one attached hydrogen (secondary N) is 1. The molecule has 1 aromatic carbocycles. The van der Waals surface area contributed by atoms with Gasteiger partial charge in [-0.15, -0.1) is 0 Å². The minimum absolute atomic E-state index is 0.268. The van der Waals surface area contributed by atoms with Gasteiger partial charge in [-0.05, 0) is 24.6 Å². The van der Waals surface area contributed by atoms with Crippen molar-refractivity contribution in [2.45, 2.75) is 13.0 Å². The van der Waals surface area contributed by atoms with Crippen molar-refractivity contribution in [2.24, 2.45) is 0 Å². The summed E-state index contributed by atoms with van der Waals surface area (Å²) in [4.78, 5) is 20.1. The number of hydrogen-bond acceptors (Lipinski definition) is 5. The summed E-state index contributed by atoms with van der Waals surface area (Å²) in [5.41, 5.74) is 1.21. The van der Waals surface area contributed by atoms with Crippen LogP contribution < -0.4 is 10.1 Å². The second-order valence-corrected chi connectivity index (χ2v) is 4.57. The summed E-state index contributed by atoms with van der Waals surface area (Å²) >= 11 is 0. The summed E-state index contributed by atoms with van der Waals surface area (Å²) in [5.74, 6) is 0.506. The van der Waals surface area contributed by atoms with Gasteiger partial charge in [0.1, 0.15) is 11.4 Å². The molecule has 0 bridgehead atoms. The Morgan fingerprint density at radius 1 is 1.27 bits per heavy atom. The van der Waals surface area contributed by atoms with Gasteiger partial charge < -0.3 is 14.8 Å². The number of carbonyl (C=O) groups excluding carboxylic acids is 1. The maximum absolute atomic E-state index is 12.2. The van der Waals surface area contributed by atoms with E-state index in [9.17, 15) is 4.79 Å². The number of amides is 1.